The van der Waals surface area contributed by atoms with Crippen LogP contribution >= 0.6 is 0 Å². The van der Waals surface area contributed by atoms with Gasteiger partial charge in [0.1, 0.15) is 11.6 Å². The molecule has 24 heavy (non-hydrogen) atoms. The summed E-state index contributed by atoms with van der Waals surface area (Å²) in [5.41, 5.74) is 0.0178. The first-order valence-corrected chi connectivity index (χ1v) is 8.29. The molecule has 0 aromatic heterocycles. The Hall–Kier alpha value is -1.47. The lowest BCUT2D eigenvalue weighted by Crippen LogP contribution is -2.59. The van der Waals surface area contributed by atoms with Gasteiger partial charge < -0.3 is 19.3 Å². The zero-order chi connectivity index (χ0) is 17.7. The summed E-state index contributed by atoms with van der Waals surface area (Å²) in [4.78, 5) is 11.8. The van der Waals surface area contributed by atoms with E-state index in [9.17, 15) is 9.90 Å². The highest BCUT2D eigenvalue weighted by atomic mass is 16.7. The number of hydrogen-bond donors (Lipinski definition) is 2. The molecule has 1 aliphatic rings. The van der Waals surface area contributed by atoms with Gasteiger partial charge in [-0.3, -0.25) is 10.1 Å². The fourth-order valence-electron chi connectivity index (χ4n) is 3.02. The van der Waals surface area contributed by atoms with E-state index in [0.717, 1.165) is 5.56 Å². The molecule has 0 bridgehead atoms. The highest BCUT2D eigenvalue weighted by molar-refractivity contribution is 5.75. The van der Waals surface area contributed by atoms with E-state index in [1.54, 1.807) is 21.0 Å². The first-order chi connectivity index (χ1) is 11.4. The lowest BCUT2D eigenvalue weighted by molar-refractivity contribution is -0.272. The van der Waals surface area contributed by atoms with Gasteiger partial charge in [-0.15, -0.1) is 0 Å². The van der Waals surface area contributed by atoms with E-state index in [2.05, 4.69) is 5.32 Å². The number of benzene rings is 1. The molecule has 6 heteroatoms. The number of esters is 1. The fraction of sp³-hybridized carbons (Fsp3) is 0.611. The molecule has 134 valence electrons. The monoisotopic (exact) mass is 337 g/mol. The van der Waals surface area contributed by atoms with Crippen molar-refractivity contribution in [2.24, 2.45) is 0 Å². The maximum atomic E-state index is 11.8. The Morgan fingerprint density at radius 3 is 2.71 bits per heavy atom. The van der Waals surface area contributed by atoms with Crippen LogP contribution in [0.5, 0.6) is 0 Å². The largest absolute Gasteiger partial charge is 0.465 e. The van der Waals surface area contributed by atoms with Crippen molar-refractivity contribution in [1.29, 1.82) is 0 Å². The molecule has 0 amide bonds. The highest BCUT2D eigenvalue weighted by Crippen LogP contribution is 2.38. The Morgan fingerprint density at radius 1 is 1.46 bits per heavy atom. The molecular formula is C18H27NO5. The molecule has 1 aromatic rings. The zero-order valence-electron chi connectivity index (χ0n) is 14.7. The second-order valence-corrected chi connectivity index (χ2v) is 6.19. The zero-order valence-corrected chi connectivity index (χ0v) is 14.7. The van der Waals surface area contributed by atoms with Crippen molar-refractivity contribution < 1.29 is 24.1 Å². The van der Waals surface area contributed by atoms with Crippen LogP contribution in [0.4, 0.5) is 0 Å². The smallest absolute Gasteiger partial charge is 0.322 e. The second-order valence-electron chi connectivity index (χ2n) is 6.19. The standard InChI is InChI=1S/C18H27NO5/c1-5-23-16(21)12(2)19-14-11-15(20)18(3,24-17(14)22-4)13-9-7-6-8-10-13/h6-10,12,14-15,17,19-20H,5,11H2,1-4H3/t12-,14+,15-,17-,18-/m0/s1. The Balaban J connectivity index is 2.12. The number of ether oxygens (including phenoxy) is 3. The van der Waals surface area contributed by atoms with E-state index < -0.39 is 24.0 Å². The molecule has 1 aromatic carbocycles. The van der Waals surface area contributed by atoms with Crippen LogP contribution in [-0.4, -0.2) is 49.3 Å². The summed E-state index contributed by atoms with van der Waals surface area (Å²) >= 11 is 0. The van der Waals surface area contributed by atoms with Crippen molar-refractivity contribution in [3.8, 4) is 0 Å². The van der Waals surface area contributed by atoms with Crippen LogP contribution in [0, 0.1) is 0 Å². The van der Waals surface area contributed by atoms with Crippen LogP contribution in [0.2, 0.25) is 0 Å². The van der Waals surface area contributed by atoms with Crippen molar-refractivity contribution in [3.05, 3.63) is 35.9 Å². The first kappa shape index (κ1) is 18.9. The van der Waals surface area contributed by atoms with E-state index in [1.807, 2.05) is 37.3 Å². The van der Waals surface area contributed by atoms with Crippen LogP contribution in [0.1, 0.15) is 32.8 Å². The normalized spacial score (nSPS) is 31.5. The van der Waals surface area contributed by atoms with Gasteiger partial charge in [0.25, 0.3) is 0 Å². The minimum atomic E-state index is -0.868. The maximum Gasteiger partial charge on any atom is 0.322 e. The number of hydrogen-bond acceptors (Lipinski definition) is 6. The fourth-order valence-corrected chi connectivity index (χ4v) is 3.02. The van der Waals surface area contributed by atoms with Crippen molar-refractivity contribution in [1.82, 2.24) is 5.32 Å². The summed E-state index contributed by atoms with van der Waals surface area (Å²) in [5.74, 6) is -0.335. The van der Waals surface area contributed by atoms with Gasteiger partial charge in [0.2, 0.25) is 0 Å². The average molecular weight is 337 g/mol. The Labute approximate surface area is 143 Å². The molecule has 0 radical (unpaired) electrons. The Kier molecular flexibility index (Phi) is 6.34. The maximum absolute atomic E-state index is 11.8. The second kappa shape index (κ2) is 8.07. The Morgan fingerprint density at radius 2 is 2.12 bits per heavy atom. The predicted octanol–water partition coefficient (Wildman–Crippen LogP) is 1.57. The predicted molar refractivity (Wildman–Crippen MR) is 89.3 cm³/mol. The van der Waals surface area contributed by atoms with E-state index in [0.29, 0.717) is 13.0 Å². The van der Waals surface area contributed by atoms with E-state index in [1.165, 1.54) is 0 Å². The van der Waals surface area contributed by atoms with Gasteiger partial charge in [0.15, 0.2) is 6.29 Å². The van der Waals surface area contributed by atoms with Crippen LogP contribution in [0.15, 0.2) is 30.3 Å². The molecule has 0 aliphatic carbocycles. The lowest BCUT2D eigenvalue weighted by Gasteiger charge is -2.46. The molecule has 1 heterocycles. The van der Waals surface area contributed by atoms with Gasteiger partial charge >= 0.3 is 5.97 Å². The highest BCUT2D eigenvalue weighted by Gasteiger charge is 2.47. The molecular weight excluding hydrogens is 310 g/mol. The molecule has 2 rings (SSSR count). The van der Waals surface area contributed by atoms with Gasteiger partial charge in [0.05, 0.1) is 18.8 Å². The molecule has 0 unspecified atom stereocenters. The van der Waals surface area contributed by atoms with Crippen molar-refractivity contribution in [3.63, 3.8) is 0 Å². The van der Waals surface area contributed by atoms with Gasteiger partial charge in [-0.2, -0.15) is 0 Å². The van der Waals surface area contributed by atoms with Crippen LogP contribution < -0.4 is 5.32 Å². The summed E-state index contributed by atoms with van der Waals surface area (Å²) < 4.78 is 16.6. The number of aliphatic hydroxyl groups excluding tert-OH is 1. The number of carbonyl (C=O) groups excluding carboxylic acids is 1. The molecule has 5 atom stereocenters. The molecule has 6 nitrogen and oxygen atoms in total. The number of carbonyl (C=O) groups is 1. The van der Waals surface area contributed by atoms with E-state index in [4.69, 9.17) is 14.2 Å². The van der Waals surface area contributed by atoms with Crippen LogP contribution in [0.25, 0.3) is 0 Å². The van der Waals surface area contributed by atoms with E-state index in [-0.39, 0.29) is 12.0 Å². The summed E-state index contributed by atoms with van der Waals surface area (Å²) in [7, 11) is 1.55. The number of nitrogens with one attached hydrogen (secondary N) is 1. The van der Waals surface area contributed by atoms with Crippen molar-refractivity contribution in [2.45, 2.75) is 57.3 Å². The average Bonchev–Trinajstić information content (AvgIpc) is 2.59. The molecule has 2 N–H and O–H groups in total. The van der Waals surface area contributed by atoms with Crippen LogP contribution in [-0.2, 0) is 24.6 Å². The lowest BCUT2D eigenvalue weighted by atomic mass is 9.83. The van der Waals surface area contributed by atoms with Crippen LogP contribution in [0.3, 0.4) is 0 Å². The molecule has 1 saturated heterocycles. The van der Waals surface area contributed by atoms with Gasteiger partial charge in [0, 0.05) is 7.11 Å². The number of rotatable bonds is 6. The van der Waals surface area contributed by atoms with E-state index >= 15 is 0 Å². The van der Waals surface area contributed by atoms with Gasteiger partial charge in [-0.1, -0.05) is 30.3 Å². The summed E-state index contributed by atoms with van der Waals surface area (Å²) in [6.07, 6.45) is -0.929. The SMILES string of the molecule is CCOC(=O)[C@H](C)N[C@@H]1C[C@H](O)[C@](C)(c2ccccc2)O[C@@H]1OC. The molecule has 1 aliphatic heterocycles. The first-order valence-electron chi connectivity index (χ1n) is 8.29. The van der Waals surface area contributed by atoms with Crippen molar-refractivity contribution in [2.75, 3.05) is 13.7 Å². The number of methoxy groups -OCH3 is 1. The minimum absolute atomic E-state index is 0.318. The summed E-state index contributed by atoms with van der Waals surface area (Å²) in [5, 5.41) is 13.8. The Bertz CT molecular complexity index is 537. The topological polar surface area (TPSA) is 77.0 Å². The third-order valence-corrected chi connectivity index (χ3v) is 4.49. The molecule has 0 spiro atoms. The third-order valence-electron chi connectivity index (χ3n) is 4.49. The molecule has 1 fully saturated rings. The molecule has 0 saturated carbocycles. The minimum Gasteiger partial charge on any atom is -0.465 e. The quantitative estimate of drug-likeness (QED) is 0.767. The third kappa shape index (κ3) is 3.95. The summed E-state index contributed by atoms with van der Waals surface area (Å²) in [6, 6.07) is 8.75. The van der Waals surface area contributed by atoms with Crippen molar-refractivity contribution >= 4 is 5.97 Å². The van der Waals surface area contributed by atoms with Gasteiger partial charge in [-0.25, -0.2) is 0 Å². The van der Waals surface area contributed by atoms with Gasteiger partial charge in [-0.05, 0) is 32.8 Å². The number of aliphatic hydroxyl groups is 1. The summed E-state index contributed by atoms with van der Waals surface area (Å²) in [6.45, 7) is 5.67.